The van der Waals surface area contributed by atoms with Crippen molar-refractivity contribution in [1.82, 2.24) is 5.32 Å². The summed E-state index contributed by atoms with van der Waals surface area (Å²) in [7, 11) is 1.73. The standard InChI is InChI=1S/C19H24BrNO2/c1-15-4-6-16(7-5-15)14-23-19-9-8-18(20)12-17(19)13-21-10-3-11-22-2/h4-9,12,21H,3,10-11,13-14H2,1-2H3. The van der Waals surface area contributed by atoms with E-state index in [1.54, 1.807) is 7.11 Å². The van der Waals surface area contributed by atoms with Crippen LogP contribution in [0.1, 0.15) is 23.1 Å². The number of ether oxygens (including phenoxy) is 2. The molecule has 0 radical (unpaired) electrons. The van der Waals surface area contributed by atoms with Crippen LogP contribution in [0, 0.1) is 6.92 Å². The van der Waals surface area contributed by atoms with E-state index in [0.717, 1.165) is 41.9 Å². The third kappa shape index (κ3) is 6.34. The highest BCUT2D eigenvalue weighted by atomic mass is 79.9. The van der Waals surface area contributed by atoms with E-state index in [4.69, 9.17) is 9.47 Å². The number of hydrogen-bond donors (Lipinski definition) is 1. The van der Waals surface area contributed by atoms with Crippen LogP contribution in [0.3, 0.4) is 0 Å². The minimum atomic E-state index is 0.582. The van der Waals surface area contributed by atoms with Crippen LogP contribution in [0.25, 0.3) is 0 Å². The number of hydrogen-bond acceptors (Lipinski definition) is 3. The highest BCUT2D eigenvalue weighted by molar-refractivity contribution is 9.10. The molecule has 0 aromatic heterocycles. The van der Waals surface area contributed by atoms with Crippen LogP contribution >= 0.6 is 15.9 Å². The third-order valence-electron chi connectivity index (χ3n) is 3.55. The molecule has 0 fully saturated rings. The average molecular weight is 378 g/mol. The highest BCUT2D eigenvalue weighted by Gasteiger charge is 2.05. The summed E-state index contributed by atoms with van der Waals surface area (Å²) in [5, 5.41) is 3.43. The van der Waals surface area contributed by atoms with Gasteiger partial charge in [-0.1, -0.05) is 45.8 Å². The molecule has 0 saturated heterocycles. The van der Waals surface area contributed by atoms with Gasteiger partial charge in [-0.15, -0.1) is 0 Å². The number of methoxy groups -OCH3 is 1. The van der Waals surface area contributed by atoms with E-state index in [2.05, 4.69) is 58.5 Å². The second kappa shape index (κ2) is 9.71. The summed E-state index contributed by atoms with van der Waals surface area (Å²) in [6.45, 7) is 5.16. The first-order chi connectivity index (χ1) is 11.2. The second-order valence-corrected chi connectivity index (χ2v) is 6.47. The number of rotatable bonds is 9. The van der Waals surface area contributed by atoms with Crippen molar-refractivity contribution in [1.29, 1.82) is 0 Å². The first-order valence-electron chi connectivity index (χ1n) is 7.85. The lowest BCUT2D eigenvalue weighted by molar-refractivity contribution is 0.194. The van der Waals surface area contributed by atoms with Crippen molar-refractivity contribution in [2.45, 2.75) is 26.5 Å². The van der Waals surface area contributed by atoms with E-state index in [1.807, 2.05) is 12.1 Å². The molecule has 0 amide bonds. The Balaban J connectivity index is 1.93. The first kappa shape index (κ1) is 18.0. The Morgan fingerprint density at radius 3 is 2.61 bits per heavy atom. The SMILES string of the molecule is COCCCNCc1cc(Br)ccc1OCc1ccc(C)cc1. The Kier molecular flexibility index (Phi) is 7.59. The maximum Gasteiger partial charge on any atom is 0.124 e. The quantitative estimate of drug-likeness (QED) is 0.654. The zero-order valence-electron chi connectivity index (χ0n) is 13.8. The molecule has 2 rings (SSSR count). The molecule has 4 heteroatoms. The Hall–Kier alpha value is -1.36. The van der Waals surface area contributed by atoms with Crippen molar-refractivity contribution in [3.05, 3.63) is 63.6 Å². The lowest BCUT2D eigenvalue weighted by atomic mass is 10.1. The van der Waals surface area contributed by atoms with Gasteiger partial charge in [0.05, 0.1) is 0 Å². The predicted molar refractivity (Wildman–Crippen MR) is 97.9 cm³/mol. The molecule has 0 aliphatic rings. The van der Waals surface area contributed by atoms with Crippen molar-refractivity contribution in [3.63, 3.8) is 0 Å². The molecular weight excluding hydrogens is 354 g/mol. The predicted octanol–water partition coefficient (Wildman–Crippen LogP) is 4.46. The fourth-order valence-electron chi connectivity index (χ4n) is 2.24. The Morgan fingerprint density at radius 2 is 1.87 bits per heavy atom. The molecule has 0 saturated carbocycles. The van der Waals surface area contributed by atoms with Crippen LogP contribution in [-0.2, 0) is 17.9 Å². The zero-order valence-corrected chi connectivity index (χ0v) is 15.4. The van der Waals surface area contributed by atoms with Crippen molar-refractivity contribution in [2.75, 3.05) is 20.3 Å². The topological polar surface area (TPSA) is 30.5 Å². The third-order valence-corrected chi connectivity index (χ3v) is 4.05. The molecule has 23 heavy (non-hydrogen) atoms. The monoisotopic (exact) mass is 377 g/mol. The summed E-state index contributed by atoms with van der Waals surface area (Å²) in [5.41, 5.74) is 3.60. The summed E-state index contributed by atoms with van der Waals surface area (Å²) >= 11 is 3.53. The molecular formula is C19H24BrNO2. The zero-order chi connectivity index (χ0) is 16.5. The van der Waals surface area contributed by atoms with E-state index in [1.165, 1.54) is 11.1 Å². The molecule has 2 aromatic carbocycles. The molecule has 0 atom stereocenters. The maximum absolute atomic E-state index is 6.01. The summed E-state index contributed by atoms with van der Waals surface area (Å²) in [6, 6.07) is 14.6. The van der Waals surface area contributed by atoms with E-state index in [0.29, 0.717) is 6.61 Å². The van der Waals surface area contributed by atoms with Crippen molar-refractivity contribution in [2.24, 2.45) is 0 Å². The average Bonchev–Trinajstić information content (AvgIpc) is 2.55. The lowest BCUT2D eigenvalue weighted by Crippen LogP contribution is -2.16. The van der Waals surface area contributed by atoms with Gasteiger partial charge in [0.2, 0.25) is 0 Å². The number of benzene rings is 2. The fourth-order valence-corrected chi connectivity index (χ4v) is 2.65. The Morgan fingerprint density at radius 1 is 1.09 bits per heavy atom. The molecule has 1 N–H and O–H groups in total. The highest BCUT2D eigenvalue weighted by Crippen LogP contribution is 2.24. The maximum atomic E-state index is 6.01. The van der Waals surface area contributed by atoms with Crippen molar-refractivity contribution >= 4 is 15.9 Å². The number of aryl methyl sites for hydroxylation is 1. The normalized spacial score (nSPS) is 10.7. The lowest BCUT2D eigenvalue weighted by Gasteiger charge is -2.13. The van der Waals surface area contributed by atoms with Gasteiger partial charge in [0.15, 0.2) is 0 Å². The van der Waals surface area contributed by atoms with Gasteiger partial charge in [0, 0.05) is 30.3 Å². The smallest absolute Gasteiger partial charge is 0.124 e. The summed E-state index contributed by atoms with van der Waals surface area (Å²) in [4.78, 5) is 0. The van der Waals surface area contributed by atoms with Gasteiger partial charge in [-0.05, 0) is 43.7 Å². The van der Waals surface area contributed by atoms with E-state index in [9.17, 15) is 0 Å². The minimum absolute atomic E-state index is 0.582. The molecule has 0 aliphatic heterocycles. The Bertz CT molecular complexity index is 599. The minimum Gasteiger partial charge on any atom is -0.489 e. The van der Waals surface area contributed by atoms with Crippen LogP contribution in [-0.4, -0.2) is 20.3 Å². The largest absolute Gasteiger partial charge is 0.489 e. The van der Waals surface area contributed by atoms with Crippen LogP contribution in [0.5, 0.6) is 5.75 Å². The van der Waals surface area contributed by atoms with Gasteiger partial charge in [-0.3, -0.25) is 0 Å². The van der Waals surface area contributed by atoms with Gasteiger partial charge in [0.25, 0.3) is 0 Å². The number of nitrogens with one attached hydrogen (secondary N) is 1. The van der Waals surface area contributed by atoms with E-state index in [-0.39, 0.29) is 0 Å². The van der Waals surface area contributed by atoms with Gasteiger partial charge in [-0.2, -0.15) is 0 Å². The number of halogens is 1. The molecule has 0 heterocycles. The van der Waals surface area contributed by atoms with Crippen molar-refractivity contribution in [3.8, 4) is 5.75 Å². The summed E-state index contributed by atoms with van der Waals surface area (Å²) < 4.78 is 12.1. The van der Waals surface area contributed by atoms with Crippen LogP contribution in [0.2, 0.25) is 0 Å². The van der Waals surface area contributed by atoms with Gasteiger partial charge in [-0.25, -0.2) is 0 Å². The van der Waals surface area contributed by atoms with Gasteiger partial charge >= 0.3 is 0 Å². The fraction of sp³-hybridized carbons (Fsp3) is 0.368. The van der Waals surface area contributed by atoms with Crippen molar-refractivity contribution < 1.29 is 9.47 Å². The summed E-state index contributed by atoms with van der Waals surface area (Å²) in [5.74, 6) is 0.924. The Labute approximate surface area is 147 Å². The molecule has 0 spiro atoms. The molecule has 3 nitrogen and oxygen atoms in total. The van der Waals surface area contributed by atoms with Crippen LogP contribution in [0.4, 0.5) is 0 Å². The molecule has 0 bridgehead atoms. The molecule has 2 aromatic rings. The van der Waals surface area contributed by atoms with Gasteiger partial charge in [0.1, 0.15) is 12.4 Å². The molecule has 0 unspecified atom stereocenters. The molecule has 0 aliphatic carbocycles. The van der Waals surface area contributed by atoms with E-state index < -0.39 is 0 Å². The van der Waals surface area contributed by atoms with E-state index >= 15 is 0 Å². The first-order valence-corrected chi connectivity index (χ1v) is 8.65. The molecule has 124 valence electrons. The summed E-state index contributed by atoms with van der Waals surface area (Å²) in [6.07, 6.45) is 1.00. The van der Waals surface area contributed by atoms with Crippen LogP contribution in [0.15, 0.2) is 46.9 Å². The second-order valence-electron chi connectivity index (χ2n) is 5.55. The van der Waals surface area contributed by atoms with Crippen LogP contribution < -0.4 is 10.1 Å². The van der Waals surface area contributed by atoms with Gasteiger partial charge < -0.3 is 14.8 Å².